The minimum absolute atomic E-state index is 0.0164. The highest BCUT2D eigenvalue weighted by Gasteiger charge is 2.26. The van der Waals surface area contributed by atoms with E-state index in [0.717, 1.165) is 37.2 Å². The van der Waals surface area contributed by atoms with Gasteiger partial charge in [0.05, 0.1) is 30.8 Å². The van der Waals surface area contributed by atoms with Gasteiger partial charge in [-0.3, -0.25) is 14.4 Å². The molecule has 1 heterocycles. The topological polar surface area (TPSA) is 97.0 Å². The van der Waals surface area contributed by atoms with Gasteiger partial charge in [0.2, 0.25) is 0 Å². The number of ether oxygens (including phenoxy) is 2. The van der Waals surface area contributed by atoms with Crippen LogP contribution in [0.5, 0.6) is 11.5 Å². The fourth-order valence-electron chi connectivity index (χ4n) is 4.44. The predicted molar refractivity (Wildman–Crippen MR) is 139 cm³/mol. The number of likely N-dealkylation sites (tertiary alicyclic amines) is 1. The molecule has 1 fully saturated rings. The van der Waals surface area contributed by atoms with E-state index < -0.39 is 10.0 Å². The summed E-state index contributed by atoms with van der Waals surface area (Å²) in [7, 11) is -0.727. The van der Waals surface area contributed by atoms with Crippen LogP contribution in [0.2, 0.25) is 0 Å². The Kier molecular flexibility index (Phi) is 8.12. The van der Waals surface area contributed by atoms with Crippen LogP contribution < -0.4 is 19.5 Å². The minimum atomic E-state index is -3.85. The molecule has 1 atom stereocenters. The summed E-state index contributed by atoms with van der Waals surface area (Å²) in [6.45, 7) is 2.34. The highest BCUT2D eigenvalue weighted by atomic mass is 32.2. The Hall–Kier alpha value is -3.56. The molecule has 3 aromatic carbocycles. The number of rotatable bonds is 10. The molecule has 1 unspecified atom stereocenters. The van der Waals surface area contributed by atoms with E-state index in [-0.39, 0.29) is 16.8 Å². The Balaban J connectivity index is 1.46. The number of para-hydroxylation sites is 3. The van der Waals surface area contributed by atoms with Gasteiger partial charge in [0.25, 0.3) is 15.9 Å². The van der Waals surface area contributed by atoms with Crippen LogP contribution in [0.4, 0.5) is 5.69 Å². The third-order valence-electron chi connectivity index (χ3n) is 6.31. The number of benzene rings is 3. The van der Waals surface area contributed by atoms with Gasteiger partial charge in [-0.2, -0.15) is 0 Å². The molecule has 8 nitrogen and oxygen atoms in total. The standard InChI is InChI=1S/C27H31N3O5S/c1-34-25-11-5-3-9-22(25)24(30-17-7-8-18-30)19-28-27(31)20-13-15-21(16-14-20)36(32,33)29-23-10-4-6-12-26(23)35-2/h3-6,9-16,24,29H,7-8,17-19H2,1-2H3,(H,28,31). The summed E-state index contributed by atoms with van der Waals surface area (Å²) in [4.78, 5) is 15.4. The third kappa shape index (κ3) is 5.80. The van der Waals surface area contributed by atoms with Crippen LogP contribution in [0.1, 0.15) is 34.8 Å². The first kappa shape index (κ1) is 25.5. The zero-order valence-corrected chi connectivity index (χ0v) is 21.3. The number of anilines is 1. The Labute approximate surface area is 212 Å². The van der Waals surface area contributed by atoms with E-state index in [4.69, 9.17) is 9.47 Å². The number of nitrogens with one attached hydrogen (secondary N) is 2. The fraction of sp³-hybridized carbons (Fsp3) is 0.296. The monoisotopic (exact) mass is 509 g/mol. The van der Waals surface area contributed by atoms with Crippen molar-refractivity contribution in [2.45, 2.75) is 23.8 Å². The van der Waals surface area contributed by atoms with Gasteiger partial charge in [-0.15, -0.1) is 0 Å². The average Bonchev–Trinajstić information content (AvgIpc) is 3.44. The first-order valence-corrected chi connectivity index (χ1v) is 13.3. The summed E-state index contributed by atoms with van der Waals surface area (Å²) in [5, 5.41) is 3.02. The van der Waals surface area contributed by atoms with Gasteiger partial charge in [0, 0.05) is 17.7 Å². The molecule has 0 aromatic heterocycles. The Bertz CT molecular complexity index is 1290. The zero-order chi connectivity index (χ0) is 25.5. The molecule has 1 saturated heterocycles. The van der Waals surface area contributed by atoms with Gasteiger partial charge in [-0.25, -0.2) is 8.42 Å². The van der Waals surface area contributed by atoms with Gasteiger partial charge in [0.15, 0.2) is 0 Å². The van der Waals surface area contributed by atoms with Gasteiger partial charge >= 0.3 is 0 Å². The summed E-state index contributed by atoms with van der Waals surface area (Å²) in [5.74, 6) is 0.941. The second-order valence-corrected chi connectivity index (χ2v) is 10.2. The van der Waals surface area contributed by atoms with Crippen LogP contribution in [0.15, 0.2) is 77.7 Å². The number of hydrogen-bond donors (Lipinski definition) is 2. The van der Waals surface area contributed by atoms with Gasteiger partial charge in [-0.1, -0.05) is 30.3 Å². The molecule has 0 bridgehead atoms. The van der Waals surface area contributed by atoms with Crippen LogP contribution in [-0.4, -0.2) is 53.1 Å². The Morgan fingerprint density at radius 3 is 2.17 bits per heavy atom. The van der Waals surface area contributed by atoms with E-state index in [2.05, 4.69) is 14.9 Å². The van der Waals surface area contributed by atoms with Crippen molar-refractivity contribution in [1.82, 2.24) is 10.2 Å². The maximum absolute atomic E-state index is 12.9. The molecule has 1 amide bonds. The minimum Gasteiger partial charge on any atom is -0.496 e. The maximum Gasteiger partial charge on any atom is 0.262 e. The van der Waals surface area contributed by atoms with Crippen molar-refractivity contribution in [3.63, 3.8) is 0 Å². The molecule has 36 heavy (non-hydrogen) atoms. The molecule has 0 radical (unpaired) electrons. The molecule has 0 aliphatic carbocycles. The second-order valence-electron chi connectivity index (χ2n) is 8.54. The van der Waals surface area contributed by atoms with E-state index in [1.165, 1.54) is 31.4 Å². The van der Waals surface area contributed by atoms with Crippen LogP contribution in [-0.2, 0) is 10.0 Å². The summed E-state index contributed by atoms with van der Waals surface area (Å²) >= 11 is 0. The molecule has 3 aromatic rings. The molecule has 190 valence electrons. The van der Waals surface area contributed by atoms with Crippen LogP contribution in [0, 0.1) is 0 Å². The second kappa shape index (κ2) is 11.5. The molecule has 0 spiro atoms. The number of carbonyl (C=O) groups excluding carboxylic acids is 1. The van der Waals surface area contributed by atoms with Gasteiger partial charge in [-0.05, 0) is 68.4 Å². The van der Waals surface area contributed by atoms with Gasteiger partial charge in [0.1, 0.15) is 11.5 Å². The number of nitrogens with zero attached hydrogens (tertiary/aromatic N) is 1. The van der Waals surface area contributed by atoms with E-state index >= 15 is 0 Å². The molecule has 9 heteroatoms. The fourth-order valence-corrected chi connectivity index (χ4v) is 5.51. The molecule has 1 aliphatic heterocycles. The molecule has 0 saturated carbocycles. The van der Waals surface area contributed by atoms with Crippen molar-refractivity contribution in [3.05, 3.63) is 83.9 Å². The van der Waals surface area contributed by atoms with Crippen molar-refractivity contribution in [1.29, 1.82) is 0 Å². The molecule has 1 aliphatic rings. The van der Waals surface area contributed by atoms with E-state index in [0.29, 0.717) is 23.5 Å². The summed E-state index contributed by atoms with van der Waals surface area (Å²) in [5.41, 5.74) is 1.75. The van der Waals surface area contributed by atoms with Crippen molar-refractivity contribution in [3.8, 4) is 11.5 Å². The quantitative estimate of drug-likeness (QED) is 0.428. The van der Waals surface area contributed by atoms with Crippen molar-refractivity contribution in [2.24, 2.45) is 0 Å². The largest absolute Gasteiger partial charge is 0.496 e. The third-order valence-corrected chi connectivity index (χ3v) is 7.69. The predicted octanol–water partition coefficient (Wildman–Crippen LogP) is 4.07. The molecule has 4 rings (SSSR count). The zero-order valence-electron chi connectivity index (χ0n) is 20.4. The summed E-state index contributed by atoms with van der Waals surface area (Å²) in [6.07, 6.45) is 2.25. The number of sulfonamides is 1. The first-order valence-electron chi connectivity index (χ1n) is 11.8. The first-order chi connectivity index (χ1) is 17.4. The van der Waals surface area contributed by atoms with E-state index in [9.17, 15) is 13.2 Å². The van der Waals surface area contributed by atoms with Crippen molar-refractivity contribution in [2.75, 3.05) is 38.6 Å². The molecular formula is C27H31N3O5S. The van der Waals surface area contributed by atoms with Crippen molar-refractivity contribution < 1.29 is 22.7 Å². The number of amides is 1. The van der Waals surface area contributed by atoms with Gasteiger partial charge < -0.3 is 14.8 Å². The lowest BCUT2D eigenvalue weighted by Crippen LogP contribution is -2.37. The molecular weight excluding hydrogens is 478 g/mol. The highest BCUT2D eigenvalue weighted by molar-refractivity contribution is 7.92. The number of methoxy groups -OCH3 is 2. The van der Waals surface area contributed by atoms with Crippen LogP contribution >= 0.6 is 0 Å². The lowest BCUT2D eigenvalue weighted by atomic mass is 10.0. The smallest absolute Gasteiger partial charge is 0.262 e. The van der Waals surface area contributed by atoms with Crippen LogP contribution in [0.25, 0.3) is 0 Å². The highest BCUT2D eigenvalue weighted by Crippen LogP contribution is 2.31. The normalized spacial score (nSPS) is 14.7. The maximum atomic E-state index is 12.9. The summed E-state index contributed by atoms with van der Waals surface area (Å²) < 4.78 is 39.0. The Morgan fingerprint density at radius 1 is 0.889 bits per heavy atom. The van der Waals surface area contributed by atoms with E-state index in [1.54, 1.807) is 31.4 Å². The lowest BCUT2D eigenvalue weighted by Gasteiger charge is -2.29. The average molecular weight is 510 g/mol. The van der Waals surface area contributed by atoms with Crippen LogP contribution in [0.3, 0.4) is 0 Å². The number of carbonyl (C=O) groups is 1. The lowest BCUT2D eigenvalue weighted by molar-refractivity contribution is 0.0937. The summed E-state index contributed by atoms with van der Waals surface area (Å²) in [6, 6.07) is 20.5. The Morgan fingerprint density at radius 2 is 1.50 bits per heavy atom. The number of hydrogen-bond acceptors (Lipinski definition) is 6. The SMILES string of the molecule is COc1ccccc1NS(=O)(=O)c1ccc(C(=O)NCC(c2ccccc2OC)N2CCCC2)cc1. The van der Waals surface area contributed by atoms with Crippen molar-refractivity contribution >= 4 is 21.6 Å². The molecule has 2 N–H and O–H groups in total. The van der Waals surface area contributed by atoms with E-state index in [1.807, 2.05) is 24.3 Å².